The third-order valence-corrected chi connectivity index (χ3v) is 4.75. The first kappa shape index (κ1) is 15.4. The summed E-state index contributed by atoms with van der Waals surface area (Å²) in [5.41, 5.74) is 0. The molecule has 1 aliphatic rings. The number of sulfonamides is 1. The van der Waals surface area contributed by atoms with Gasteiger partial charge in [-0.3, -0.25) is 0 Å². The SMILES string of the molecule is CC1CN(S(=O)(=O)c2ccccc2)CC(C)N1.Cl. The minimum Gasteiger partial charge on any atom is -0.309 e. The van der Waals surface area contributed by atoms with Gasteiger partial charge in [-0.05, 0) is 26.0 Å². The summed E-state index contributed by atoms with van der Waals surface area (Å²) in [6, 6.07) is 9.00. The summed E-state index contributed by atoms with van der Waals surface area (Å²) in [7, 11) is -3.33. The molecule has 0 aromatic heterocycles. The van der Waals surface area contributed by atoms with Gasteiger partial charge in [0, 0.05) is 25.2 Å². The lowest BCUT2D eigenvalue weighted by Gasteiger charge is -2.35. The number of piperazine rings is 1. The first-order chi connectivity index (χ1) is 8.00. The molecular weight excluding hydrogens is 272 g/mol. The molecule has 0 radical (unpaired) electrons. The highest BCUT2D eigenvalue weighted by molar-refractivity contribution is 7.89. The van der Waals surface area contributed by atoms with E-state index in [1.54, 1.807) is 28.6 Å². The molecule has 102 valence electrons. The van der Waals surface area contributed by atoms with Crippen molar-refractivity contribution in [2.45, 2.75) is 30.8 Å². The highest BCUT2D eigenvalue weighted by Gasteiger charge is 2.30. The highest BCUT2D eigenvalue weighted by atomic mass is 35.5. The lowest BCUT2D eigenvalue weighted by Crippen LogP contribution is -2.55. The average Bonchev–Trinajstić information content (AvgIpc) is 2.29. The molecule has 2 rings (SSSR count). The molecule has 1 N–H and O–H groups in total. The summed E-state index contributed by atoms with van der Waals surface area (Å²) < 4.78 is 26.3. The summed E-state index contributed by atoms with van der Waals surface area (Å²) in [4.78, 5) is 0.376. The van der Waals surface area contributed by atoms with E-state index in [2.05, 4.69) is 5.32 Å². The lowest BCUT2D eigenvalue weighted by atomic mass is 10.2. The molecule has 0 amide bonds. The van der Waals surface area contributed by atoms with Crippen molar-refractivity contribution in [2.75, 3.05) is 13.1 Å². The second-order valence-corrected chi connectivity index (χ2v) is 6.54. The van der Waals surface area contributed by atoms with Crippen LogP contribution in [0.15, 0.2) is 35.2 Å². The van der Waals surface area contributed by atoms with Gasteiger partial charge in [0.05, 0.1) is 4.90 Å². The minimum atomic E-state index is -3.33. The second-order valence-electron chi connectivity index (χ2n) is 4.60. The van der Waals surface area contributed by atoms with Crippen LogP contribution in [-0.2, 0) is 10.0 Å². The van der Waals surface area contributed by atoms with Crippen LogP contribution in [0.4, 0.5) is 0 Å². The Bertz CT molecular complexity index is 468. The first-order valence-electron chi connectivity index (χ1n) is 5.81. The van der Waals surface area contributed by atoms with E-state index in [0.29, 0.717) is 18.0 Å². The average molecular weight is 291 g/mol. The maximum absolute atomic E-state index is 12.4. The Morgan fingerprint density at radius 2 is 1.61 bits per heavy atom. The largest absolute Gasteiger partial charge is 0.309 e. The minimum absolute atomic E-state index is 0. The Morgan fingerprint density at radius 3 is 2.11 bits per heavy atom. The van der Waals surface area contributed by atoms with Crippen molar-refractivity contribution in [3.63, 3.8) is 0 Å². The van der Waals surface area contributed by atoms with Crippen molar-refractivity contribution < 1.29 is 8.42 Å². The Balaban J connectivity index is 0.00000162. The van der Waals surface area contributed by atoms with Crippen LogP contribution in [0.5, 0.6) is 0 Å². The van der Waals surface area contributed by atoms with Crippen LogP contribution >= 0.6 is 12.4 Å². The van der Waals surface area contributed by atoms with Crippen LogP contribution in [0.3, 0.4) is 0 Å². The molecular formula is C12H19ClN2O2S. The fraction of sp³-hybridized carbons (Fsp3) is 0.500. The Hall–Kier alpha value is -0.620. The number of rotatable bonds is 2. The molecule has 6 heteroatoms. The number of halogens is 1. The Kier molecular flexibility index (Phi) is 5.16. The van der Waals surface area contributed by atoms with E-state index in [1.165, 1.54) is 0 Å². The van der Waals surface area contributed by atoms with Gasteiger partial charge in [0.2, 0.25) is 10.0 Å². The lowest BCUT2D eigenvalue weighted by molar-refractivity contribution is 0.263. The zero-order valence-corrected chi connectivity index (χ0v) is 12.2. The van der Waals surface area contributed by atoms with Crippen LogP contribution in [0.1, 0.15) is 13.8 Å². The van der Waals surface area contributed by atoms with Gasteiger partial charge in [-0.15, -0.1) is 12.4 Å². The number of nitrogens with one attached hydrogen (secondary N) is 1. The zero-order valence-electron chi connectivity index (χ0n) is 10.5. The van der Waals surface area contributed by atoms with Gasteiger partial charge in [0.25, 0.3) is 0 Å². The molecule has 4 nitrogen and oxygen atoms in total. The molecule has 1 heterocycles. The molecule has 1 aromatic rings. The predicted octanol–water partition coefficient (Wildman–Crippen LogP) is 1.48. The van der Waals surface area contributed by atoms with E-state index in [1.807, 2.05) is 19.9 Å². The van der Waals surface area contributed by atoms with Crippen molar-refractivity contribution >= 4 is 22.4 Å². The van der Waals surface area contributed by atoms with Gasteiger partial charge < -0.3 is 5.32 Å². The van der Waals surface area contributed by atoms with E-state index < -0.39 is 10.0 Å². The van der Waals surface area contributed by atoms with Crippen molar-refractivity contribution in [3.05, 3.63) is 30.3 Å². The van der Waals surface area contributed by atoms with Gasteiger partial charge in [-0.25, -0.2) is 8.42 Å². The van der Waals surface area contributed by atoms with Crippen molar-refractivity contribution in [3.8, 4) is 0 Å². The Morgan fingerprint density at radius 1 is 1.11 bits per heavy atom. The number of nitrogens with zero attached hydrogens (tertiary/aromatic N) is 1. The maximum atomic E-state index is 12.4. The first-order valence-corrected chi connectivity index (χ1v) is 7.25. The summed E-state index contributed by atoms with van der Waals surface area (Å²) in [5.74, 6) is 0. The van der Waals surface area contributed by atoms with E-state index >= 15 is 0 Å². The van der Waals surface area contributed by atoms with Crippen LogP contribution < -0.4 is 5.32 Å². The van der Waals surface area contributed by atoms with Gasteiger partial charge in [0.1, 0.15) is 0 Å². The van der Waals surface area contributed by atoms with E-state index in [9.17, 15) is 8.42 Å². The maximum Gasteiger partial charge on any atom is 0.243 e. The third kappa shape index (κ3) is 3.23. The van der Waals surface area contributed by atoms with Gasteiger partial charge in [0.15, 0.2) is 0 Å². The number of benzene rings is 1. The second kappa shape index (κ2) is 6.02. The predicted molar refractivity (Wildman–Crippen MR) is 74.5 cm³/mol. The third-order valence-electron chi connectivity index (χ3n) is 2.91. The number of hydrogen-bond acceptors (Lipinski definition) is 3. The smallest absolute Gasteiger partial charge is 0.243 e. The van der Waals surface area contributed by atoms with Crippen molar-refractivity contribution in [1.82, 2.24) is 9.62 Å². The summed E-state index contributed by atoms with van der Waals surface area (Å²) in [6.07, 6.45) is 0. The zero-order chi connectivity index (χ0) is 12.5. The molecule has 1 fully saturated rings. The van der Waals surface area contributed by atoms with E-state index in [0.717, 1.165) is 0 Å². The van der Waals surface area contributed by atoms with Gasteiger partial charge in [-0.2, -0.15) is 4.31 Å². The quantitative estimate of drug-likeness (QED) is 0.897. The monoisotopic (exact) mass is 290 g/mol. The van der Waals surface area contributed by atoms with Crippen LogP contribution in [0.25, 0.3) is 0 Å². The fourth-order valence-electron chi connectivity index (χ4n) is 2.21. The molecule has 18 heavy (non-hydrogen) atoms. The van der Waals surface area contributed by atoms with Crippen molar-refractivity contribution in [1.29, 1.82) is 0 Å². The summed E-state index contributed by atoms with van der Waals surface area (Å²) in [6.45, 7) is 5.06. The molecule has 1 aromatic carbocycles. The molecule has 1 saturated heterocycles. The molecule has 0 saturated carbocycles. The topological polar surface area (TPSA) is 49.4 Å². The summed E-state index contributed by atoms with van der Waals surface area (Å²) >= 11 is 0. The molecule has 2 atom stereocenters. The molecule has 0 bridgehead atoms. The van der Waals surface area contributed by atoms with E-state index in [-0.39, 0.29) is 24.5 Å². The highest BCUT2D eigenvalue weighted by Crippen LogP contribution is 2.18. The molecule has 2 unspecified atom stereocenters. The Labute approximate surface area is 115 Å². The van der Waals surface area contributed by atoms with Gasteiger partial charge in [-0.1, -0.05) is 18.2 Å². The van der Waals surface area contributed by atoms with E-state index in [4.69, 9.17) is 0 Å². The molecule has 1 aliphatic heterocycles. The normalized spacial score (nSPS) is 25.4. The van der Waals surface area contributed by atoms with Crippen LogP contribution in [0, 0.1) is 0 Å². The van der Waals surface area contributed by atoms with Crippen molar-refractivity contribution in [2.24, 2.45) is 0 Å². The summed E-state index contributed by atoms with van der Waals surface area (Å²) in [5, 5.41) is 3.33. The standard InChI is InChI=1S/C12H18N2O2S.ClH/c1-10-8-14(9-11(2)13-10)17(15,16)12-6-4-3-5-7-12;/h3-7,10-11,13H,8-9H2,1-2H3;1H. The van der Waals surface area contributed by atoms with Crippen LogP contribution in [0.2, 0.25) is 0 Å². The molecule has 0 aliphatic carbocycles. The van der Waals surface area contributed by atoms with Crippen LogP contribution in [-0.4, -0.2) is 37.9 Å². The molecule has 0 spiro atoms. The fourth-order valence-corrected chi connectivity index (χ4v) is 3.85. The van der Waals surface area contributed by atoms with Gasteiger partial charge >= 0.3 is 0 Å². The number of hydrogen-bond donors (Lipinski definition) is 1.